The zero-order chi connectivity index (χ0) is 17.8. The molecule has 0 aromatic carbocycles. The van der Waals surface area contributed by atoms with Crippen LogP contribution in [-0.4, -0.2) is 85.1 Å². The molecule has 3 aliphatic heterocycles. The third-order valence-corrected chi connectivity index (χ3v) is 6.62. The van der Waals surface area contributed by atoms with Crippen molar-refractivity contribution in [1.29, 1.82) is 0 Å². The first kappa shape index (κ1) is 18.2. The third-order valence-electron chi connectivity index (χ3n) is 5.64. The first-order valence-electron chi connectivity index (χ1n) is 9.79. The molecule has 0 saturated carbocycles. The van der Waals surface area contributed by atoms with Crippen LogP contribution in [0.3, 0.4) is 0 Å². The largest absolute Gasteiger partial charge is 0.338 e. The lowest BCUT2D eigenvalue weighted by Crippen LogP contribution is -2.49. The standard InChI is InChI=1S/C19H30N6S/c1-23-6-3-16(4-7-23)14-24-8-10-25(11-9-24)19-21-5-2-17(22-19)12-18-13-20-15-26-18/h2,5,12,16,20H,3-4,6-11,13-15H2,1H3/b18-12-. The number of rotatable bonds is 4. The molecule has 7 heteroatoms. The van der Waals surface area contributed by atoms with Gasteiger partial charge in [-0.3, -0.25) is 4.90 Å². The molecule has 0 radical (unpaired) electrons. The van der Waals surface area contributed by atoms with E-state index in [0.29, 0.717) is 0 Å². The van der Waals surface area contributed by atoms with Gasteiger partial charge in [-0.15, -0.1) is 11.8 Å². The molecule has 1 aromatic rings. The second-order valence-corrected chi connectivity index (χ2v) is 8.74. The predicted molar refractivity (Wildman–Crippen MR) is 109 cm³/mol. The van der Waals surface area contributed by atoms with E-state index >= 15 is 0 Å². The zero-order valence-electron chi connectivity index (χ0n) is 15.7. The van der Waals surface area contributed by atoms with E-state index in [1.165, 1.54) is 37.4 Å². The maximum absolute atomic E-state index is 4.78. The number of nitrogens with zero attached hydrogens (tertiary/aromatic N) is 5. The second-order valence-electron chi connectivity index (χ2n) is 7.64. The molecule has 4 rings (SSSR count). The van der Waals surface area contributed by atoms with Gasteiger partial charge in [0.2, 0.25) is 5.95 Å². The van der Waals surface area contributed by atoms with Gasteiger partial charge in [-0.05, 0) is 51.0 Å². The van der Waals surface area contributed by atoms with Gasteiger partial charge < -0.3 is 15.1 Å². The first-order valence-corrected chi connectivity index (χ1v) is 10.8. The molecule has 6 nitrogen and oxygen atoms in total. The van der Waals surface area contributed by atoms with Gasteiger partial charge in [-0.2, -0.15) is 0 Å². The molecule has 0 amide bonds. The number of piperidine rings is 1. The van der Waals surface area contributed by atoms with Crippen molar-refractivity contribution in [2.45, 2.75) is 12.8 Å². The fourth-order valence-electron chi connectivity index (χ4n) is 3.96. The highest BCUT2D eigenvalue weighted by molar-refractivity contribution is 8.03. The number of likely N-dealkylation sites (tertiary alicyclic amines) is 1. The monoisotopic (exact) mass is 374 g/mol. The van der Waals surface area contributed by atoms with Crippen LogP contribution in [0, 0.1) is 5.92 Å². The van der Waals surface area contributed by atoms with Crippen molar-refractivity contribution in [1.82, 2.24) is 25.1 Å². The second kappa shape index (κ2) is 8.69. The molecule has 1 N–H and O–H groups in total. The van der Waals surface area contributed by atoms with Gasteiger partial charge in [0, 0.05) is 56.2 Å². The average Bonchev–Trinajstić information content (AvgIpc) is 3.17. The summed E-state index contributed by atoms with van der Waals surface area (Å²) in [6, 6.07) is 2.01. The van der Waals surface area contributed by atoms with Gasteiger partial charge in [-0.25, -0.2) is 9.97 Å². The summed E-state index contributed by atoms with van der Waals surface area (Å²) in [4.78, 5) is 18.1. The maximum atomic E-state index is 4.78. The van der Waals surface area contributed by atoms with Gasteiger partial charge >= 0.3 is 0 Å². The van der Waals surface area contributed by atoms with Crippen molar-refractivity contribution in [3.8, 4) is 0 Å². The molecular weight excluding hydrogens is 344 g/mol. The van der Waals surface area contributed by atoms with Crippen molar-refractivity contribution in [2.24, 2.45) is 5.92 Å². The summed E-state index contributed by atoms with van der Waals surface area (Å²) >= 11 is 1.86. The number of aromatic nitrogens is 2. The highest BCUT2D eigenvalue weighted by Crippen LogP contribution is 2.22. The number of nitrogens with one attached hydrogen (secondary N) is 1. The minimum Gasteiger partial charge on any atom is -0.338 e. The Morgan fingerprint density at radius 2 is 2.00 bits per heavy atom. The lowest BCUT2D eigenvalue weighted by molar-refractivity contribution is 0.155. The number of anilines is 1. The summed E-state index contributed by atoms with van der Waals surface area (Å²) in [5, 5.41) is 3.34. The van der Waals surface area contributed by atoms with Crippen molar-refractivity contribution in [3.05, 3.63) is 22.9 Å². The van der Waals surface area contributed by atoms with Crippen LogP contribution < -0.4 is 10.2 Å². The van der Waals surface area contributed by atoms with E-state index in [0.717, 1.165) is 56.2 Å². The first-order chi connectivity index (χ1) is 12.8. The van der Waals surface area contributed by atoms with E-state index in [4.69, 9.17) is 4.98 Å². The SMILES string of the molecule is CN1CCC(CN2CCN(c3nccc(/C=C4/CNCS4)n3)CC2)CC1. The van der Waals surface area contributed by atoms with Gasteiger partial charge in [-0.1, -0.05) is 0 Å². The van der Waals surface area contributed by atoms with E-state index in [1.807, 2.05) is 24.0 Å². The van der Waals surface area contributed by atoms with E-state index in [-0.39, 0.29) is 0 Å². The van der Waals surface area contributed by atoms with Crippen molar-refractivity contribution >= 4 is 23.8 Å². The molecular formula is C19H30N6S. The fraction of sp³-hybridized carbons (Fsp3) is 0.684. The van der Waals surface area contributed by atoms with Crippen LogP contribution in [0.1, 0.15) is 18.5 Å². The Bertz CT molecular complexity index is 612. The highest BCUT2D eigenvalue weighted by atomic mass is 32.2. The Labute approximate surface area is 161 Å². The highest BCUT2D eigenvalue weighted by Gasteiger charge is 2.23. The van der Waals surface area contributed by atoms with Gasteiger partial charge in [0.05, 0.1) is 5.69 Å². The summed E-state index contributed by atoms with van der Waals surface area (Å²) in [6.45, 7) is 9.05. The number of hydrogen-bond acceptors (Lipinski definition) is 7. The molecule has 142 valence electrons. The minimum absolute atomic E-state index is 0.876. The van der Waals surface area contributed by atoms with Crippen LogP contribution in [-0.2, 0) is 0 Å². The number of thioether (sulfide) groups is 1. The van der Waals surface area contributed by atoms with Gasteiger partial charge in [0.25, 0.3) is 0 Å². The summed E-state index contributed by atoms with van der Waals surface area (Å²) in [7, 11) is 2.24. The van der Waals surface area contributed by atoms with Crippen LogP contribution in [0.25, 0.3) is 6.08 Å². The van der Waals surface area contributed by atoms with Crippen molar-refractivity contribution in [3.63, 3.8) is 0 Å². The molecule has 4 heterocycles. The molecule has 1 aromatic heterocycles. The Hall–Kier alpha value is -1.15. The fourth-order valence-corrected chi connectivity index (χ4v) is 4.76. The predicted octanol–water partition coefficient (Wildman–Crippen LogP) is 1.58. The molecule has 0 atom stereocenters. The lowest BCUT2D eigenvalue weighted by Gasteiger charge is -2.38. The summed E-state index contributed by atoms with van der Waals surface area (Å²) < 4.78 is 0. The molecule has 3 fully saturated rings. The molecule has 3 saturated heterocycles. The Morgan fingerprint density at radius 1 is 1.19 bits per heavy atom. The molecule has 26 heavy (non-hydrogen) atoms. The van der Waals surface area contributed by atoms with Crippen LogP contribution in [0.15, 0.2) is 17.2 Å². The van der Waals surface area contributed by atoms with Crippen molar-refractivity contribution in [2.75, 3.05) is 70.2 Å². The summed E-state index contributed by atoms with van der Waals surface area (Å²) in [5.74, 6) is 2.76. The van der Waals surface area contributed by atoms with E-state index in [2.05, 4.69) is 38.1 Å². The summed E-state index contributed by atoms with van der Waals surface area (Å²) in [6.07, 6.45) is 6.78. The molecule has 0 aliphatic carbocycles. The number of piperazine rings is 1. The topological polar surface area (TPSA) is 47.5 Å². The molecule has 0 bridgehead atoms. The normalized spacial score (nSPS) is 25.3. The van der Waals surface area contributed by atoms with Crippen LogP contribution in [0.2, 0.25) is 0 Å². The Morgan fingerprint density at radius 3 is 2.73 bits per heavy atom. The minimum atomic E-state index is 0.876. The van der Waals surface area contributed by atoms with Crippen LogP contribution in [0.4, 0.5) is 5.95 Å². The van der Waals surface area contributed by atoms with E-state index in [1.54, 1.807) is 0 Å². The molecule has 3 aliphatic rings. The van der Waals surface area contributed by atoms with Crippen LogP contribution >= 0.6 is 11.8 Å². The Kier molecular flexibility index (Phi) is 6.09. The van der Waals surface area contributed by atoms with Gasteiger partial charge in [0.15, 0.2) is 0 Å². The molecule has 0 unspecified atom stereocenters. The zero-order valence-corrected chi connectivity index (χ0v) is 16.5. The lowest BCUT2D eigenvalue weighted by atomic mass is 9.96. The van der Waals surface area contributed by atoms with E-state index < -0.39 is 0 Å². The maximum Gasteiger partial charge on any atom is 0.225 e. The molecule has 0 spiro atoms. The van der Waals surface area contributed by atoms with Crippen molar-refractivity contribution < 1.29 is 0 Å². The van der Waals surface area contributed by atoms with E-state index in [9.17, 15) is 0 Å². The van der Waals surface area contributed by atoms with Crippen LogP contribution in [0.5, 0.6) is 0 Å². The average molecular weight is 375 g/mol. The number of hydrogen-bond donors (Lipinski definition) is 1. The smallest absolute Gasteiger partial charge is 0.225 e. The quantitative estimate of drug-likeness (QED) is 0.858. The Balaban J connectivity index is 1.30. The van der Waals surface area contributed by atoms with Gasteiger partial charge in [0.1, 0.15) is 0 Å². The summed E-state index contributed by atoms with van der Waals surface area (Å²) in [5.41, 5.74) is 1.02. The third kappa shape index (κ3) is 4.76.